The number of nitrogens with zero attached hydrogens (tertiary/aromatic N) is 3. The number of halogens is 3. The van der Waals surface area contributed by atoms with Gasteiger partial charge in [0.05, 0.1) is 17.9 Å². The topological polar surface area (TPSA) is 38.1 Å². The van der Waals surface area contributed by atoms with Crippen LogP contribution in [-0.4, -0.2) is 39.9 Å². The maximum atomic E-state index is 13.3. The van der Waals surface area contributed by atoms with Gasteiger partial charge in [0.25, 0.3) is 0 Å². The van der Waals surface area contributed by atoms with E-state index in [-0.39, 0.29) is 43.2 Å². The van der Waals surface area contributed by atoms with Crippen LogP contribution in [-0.2, 0) is 10.2 Å². The zero-order chi connectivity index (χ0) is 18.8. The van der Waals surface area contributed by atoms with Crippen LogP contribution in [0.3, 0.4) is 0 Å². The molecule has 0 N–H and O–H groups in total. The van der Waals surface area contributed by atoms with Gasteiger partial charge in [0.15, 0.2) is 0 Å². The minimum absolute atomic E-state index is 0.0413. The molecule has 2 heterocycles. The van der Waals surface area contributed by atoms with Gasteiger partial charge in [-0.05, 0) is 63.4 Å². The summed E-state index contributed by atoms with van der Waals surface area (Å²) >= 11 is 0. The third kappa shape index (κ3) is 2.56. The van der Waals surface area contributed by atoms with Crippen molar-refractivity contribution in [3.63, 3.8) is 0 Å². The molecule has 4 nitrogen and oxygen atoms in total. The van der Waals surface area contributed by atoms with Gasteiger partial charge in [0.1, 0.15) is 0 Å². The molecule has 1 amide bonds. The highest BCUT2D eigenvalue weighted by atomic mass is 19.4. The Labute approximate surface area is 157 Å². The molecule has 5 fully saturated rings. The van der Waals surface area contributed by atoms with Crippen molar-refractivity contribution in [2.75, 3.05) is 13.1 Å². The van der Waals surface area contributed by atoms with E-state index in [0.717, 1.165) is 32.1 Å². The molecule has 3 atom stereocenters. The summed E-state index contributed by atoms with van der Waals surface area (Å²) in [7, 11) is 0. The van der Waals surface area contributed by atoms with Crippen molar-refractivity contribution in [3.05, 3.63) is 18.0 Å². The molecule has 2 bridgehead atoms. The summed E-state index contributed by atoms with van der Waals surface area (Å²) in [4.78, 5) is 15.0. The molecule has 5 aliphatic rings. The van der Waals surface area contributed by atoms with Gasteiger partial charge in [0.2, 0.25) is 5.91 Å². The van der Waals surface area contributed by atoms with E-state index in [4.69, 9.17) is 0 Å². The first-order valence-corrected chi connectivity index (χ1v) is 10.3. The fourth-order valence-electron chi connectivity index (χ4n) is 6.06. The highest BCUT2D eigenvalue weighted by molar-refractivity contribution is 5.83. The molecule has 27 heavy (non-hydrogen) atoms. The Bertz CT molecular complexity index is 729. The maximum Gasteiger partial charge on any atom is 0.391 e. The molecule has 3 unspecified atom stereocenters. The van der Waals surface area contributed by atoms with E-state index in [2.05, 4.69) is 15.8 Å². The van der Waals surface area contributed by atoms with Crippen molar-refractivity contribution in [2.24, 2.45) is 17.8 Å². The SMILES string of the molecule is O=C(C1C2CCC1(c1ccnn1C1CCC1)C2)N1CCC(C(F)(F)F)CC1. The van der Waals surface area contributed by atoms with E-state index in [9.17, 15) is 18.0 Å². The Morgan fingerprint density at radius 1 is 1.15 bits per heavy atom. The Morgan fingerprint density at radius 2 is 1.89 bits per heavy atom. The van der Waals surface area contributed by atoms with E-state index in [1.807, 2.05) is 6.20 Å². The number of carbonyl (C=O) groups is 1. The van der Waals surface area contributed by atoms with Crippen molar-refractivity contribution < 1.29 is 18.0 Å². The van der Waals surface area contributed by atoms with E-state index in [1.165, 1.54) is 12.1 Å². The first-order valence-electron chi connectivity index (χ1n) is 10.3. The van der Waals surface area contributed by atoms with E-state index >= 15 is 0 Å². The average molecular weight is 381 g/mol. The second-order valence-corrected chi connectivity index (χ2v) is 9.02. The highest BCUT2D eigenvalue weighted by Gasteiger charge is 2.65. The van der Waals surface area contributed by atoms with Crippen molar-refractivity contribution in [1.82, 2.24) is 14.7 Å². The Balaban J connectivity index is 1.34. The van der Waals surface area contributed by atoms with Gasteiger partial charge >= 0.3 is 6.18 Å². The number of aromatic nitrogens is 2. The molecule has 1 saturated heterocycles. The van der Waals surface area contributed by atoms with Crippen LogP contribution >= 0.6 is 0 Å². The smallest absolute Gasteiger partial charge is 0.342 e. The number of hydrogen-bond donors (Lipinski definition) is 0. The third-order valence-electron chi connectivity index (χ3n) is 7.79. The third-order valence-corrected chi connectivity index (χ3v) is 7.79. The summed E-state index contributed by atoms with van der Waals surface area (Å²) in [5, 5.41) is 4.56. The maximum absolute atomic E-state index is 13.3. The molecule has 1 aliphatic heterocycles. The molecule has 4 saturated carbocycles. The summed E-state index contributed by atoms with van der Waals surface area (Å²) in [5.41, 5.74) is 1.07. The Hall–Kier alpha value is -1.53. The summed E-state index contributed by atoms with van der Waals surface area (Å²) in [6.07, 6.45) is 4.41. The summed E-state index contributed by atoms with van der Waals surface area (Å²) in [5.74, 6) is -0.836. The van der Waals surface area contributed by atoms with Gasteiger partial charge in [-0.3, -0.25) is 9.48 Å². The van der Waals surface area contributed by atoms with Crippen molar-refractivity contribution in [3.8, 4) is 0 Å². The number of hydrogen-bond acceptors (Lipinski definition) is 2. The second-order valence-electron chi connectivity index (χ2n) is 9.02. The molecule has 1 aromatic rings. The zero-order valence-electron chi connectivity index (χ0n) is 15.4. The molecule has 0 radical (unpaired) electrons. The Kier molecular flexibility index (Phi) is 3.89. The number of likely N-dealkylation sites (tertiary alicyclic amines) is 1. The van der Waals surface area contributed by atoms with Crippen LogP contribution in [0.25, 0.3) is 0 Å². The first kappa shape index (κ1) is 17.6. The number of carbonyl (C=O) groups excluding carboxylic acids is 1. The quantitative estimate of drug-likeness (QED) is 0.791. The Morgan fingerprint density at radius 3 is 2.48 bits per heavy atom. The average Bonchev–Trinajstić information content (AvgIpc) is 3.27. The number of amides is 1. The molecule has 6 rings (SSSR count). The lowest BCUT2D eigenvalue weighted by Crippen LogP contribution is -2.56. The van der Waals surface area contributed by atoms with Gasteiger partial charge < -0.3 is 4.90 Å². The van der Waals surface area contributed by atoms with Gasteiger partial charge in [-0.1, -0.05) is 0 Å². The molecule has 0 spiro atoms. The molecule has 7 heteroatoms. The van der Waals surface area contributed by atoms with Crippen LogP contribution in [0.15, 0.2) is 12.3 Å². The van der Waals surface area contributed by atoms with Crippen LogP contribution in [0.1, 0.15) is 63.1 Å². The molecule has 148 valence electrons. The van der Waals surface area contributed by atoms with Crippen molar-refractivity contribution in [2.45, 2.75) is 69.0 Å². The lowest BCUT2D eigenvalue weighted by Gasteiger charge is -2.49. The van der Waals surface area contributed by atoms with Crippen LogP contribution in [0.5, 0.6) is 0 Å². The van der Waals surface area contributed by atoms with Crippen LogP contribution < -0.4 is 0 Å². The molecule has 4 aliphatic carbocycles. The van der Waals surface area contributed by atoms with E-state index in [0.29, 0.717) is 12.0 Å². The van der Waals surface area contributed by atoms with Gasteiger partial charge in [0, 0.05) is 30.4 Å². The van der Waals surface area contributed by atoms with E-state index in [1.54, 1.807) is 4.90 Å². The predicted molar refractivity (Wildman–Crippen MR) is 93.0 cm³/mol. The number of fused-ring (bicyclic) bond motifs is 1. The standard InChI is InChI=1S/C20H26F3N3O/c21-20(22,23)14-6-10-25(11-7-14)18(27)17-13-4-8-19(17,12-13)16-5-9-24-26(16)15-2-1-3-15/h5,9,13-15,17H,1-4,6-8,10-12H2. The minimum atomic E-state index is -4.14. The normalized spacial score (nSPS) is 34.4. The molecule has 0 aromatic carbocycles. The molecular formula is C20H26F3N3O. The number of rotatable bonds is 3. The lowest BCUT2D eigenvalue weighted by atomic mass is 9.57. The largest absolute Gasteiger partial charge is 0.391 e. The second kappa shape index (κ2) is 5.98. The van der Waals surface area contributed by atoms with Crippen LogP contribution in [0, 0.1) is 17.8 Å². The number of piperidine rings is 1. The molecule has 1 aromatic heterocycles. The van der Waals surface area contributed by atoms with Crippen molar-refractivity contribution >= 4 is 5.91 Å². The molecular weight excluding hydrogens is 355 g/mol. The minimum Gasteiger partial charge on any atom is -0.342 e. The monoisotopic (exact) mass is 381 g/mol. The number of alkyl halides is 3. The predicted octanol–water partition coefficient (Wildman–Crippen LogP) is 4.08. The van der Waals surface area contributed by atoms with Crippen molar-refractivity contribution in [1.29, 1.82) is 0 Å². The fourth-order valence-corrected chi connectivity index (χ4v) is 6.06. The van der Waals surface area contributed by atoms with E-state index < -0.39 is 12.1 Å². The summed E-state index contributed by atoms with van der Waals surface area (Å²) in [6, 6.07) is 2.54. The zero-order valence-corrected chi connectivity index (χ0v) is 15.4. The first-order chi connectivity index (χ1) is 12.9. The van der Waals surface area contributed by atoms with Crippen LogP contribution in [0.2, 0.25) is 0 Å². The van der Waals surface area contributed by atoms with Crippen LogP contribution in [0.4, 0.5) is 13.2 Å². The highest BCUT2D eigenvalue weighted by Crippen LogP contribution is 2.64. The summed E-state index contributed by atoms with van der Waals surface area (Å²) in [6.45, 7) is 0.481. The van der Waals surface area contributed by atoms with Gasteiger partial charge in [-0.15, -0.1) is 0 Å². The van der Waals surface area contributed by atoms with Gasteiger partial charge in [-0.25, -0.2) is 0 Å². The van der Waals surface area contributed by atoms with Gasteiger partial charge in [-0.2, -0.15) is 18.3 Å². The lowest BCUT2D eigenvalue weighted by molar-refractivity contribution is -0.188. The summed E-state index contributed by atoms with van der Waals surface area (Å²) < 4.78 is 41.0. The fraction of sp³-hybridized carbons (Fsp3) is 0.800.